The number of amides is 2. The average molecular weight is 423 g/mol. The summed E-state index contributed by atoms with van der Waals surface area (Å²) in [5.41, 5.74) is 2.80. The maximum Gasteiger partial charge on any atom is 0.237 e. The van der Waals surface area contributed by atoms with Crippen LogP contribution in [0.2, 0.25) is 0 Å². The lowest BCUT2D eigenvalue weighted by Crippen LogP contribution is -2.46. The van der Waals surface area contributed by atoms with E-state index in [9.17, 15) is 9.59 Å². The highest BCUT2D eigenvalue weighted by atomic mass is 35.5. The van der Waals surface area contributed by atoms with E-state index in [2.05, 4.69) is 15.6 Å². The Morgan fingerprint density at radius 1 is 1.31 bits per heavy atom. The van der Waals surface area contributed by atoms with Crippen LogP contribution in [0.3, 0.4) is 0 Å². The highest BCUT2D eigenvalue weighted by Crippen LogP contribution is 2.17. The van der Waals surface area contributed by atoms with E-state index in [1.807, 2.05) is 10.3 Å². The van der Waals surface area contributed by atoms with Gasteiger partial charge in [0.1, 0.15) is 0 Å². The van der Waals surface area contributed by atoms with Crippen molar-refractivity contribution >= 4 is 48.0 Å². The van der Waals surface area contributed by atoms with Crippen molar-refractivity contribution in [1.29, 1.82) is 0 Å². The first kappa shape index (κ1) is 23.1. The Morgan fingerprint density at radius 3 is 2.85 bits per heavy atom. The molecule has 2 aliphatic rings. The number of carbonyl (C=O) groups is 2. The summed E-state index contributed by atoms with van der Waals surface area (Å²) in [7, 11) is 0. The third-order valence-electron chi connectivity index (χ3n) is 4.89. The van der Waals surface area contributed by atoms with Crippen molar-refractivity contribution in [2.45, 2.75) is 44.6 Å². The Balaban J connectivity index is 0.00000169. The van der Waals surface area contributed by atoms with Gasteiger partial charge in [-0.2, -0.15) is 0 Å². The van der Waals surface area contributed by atoms with Crippen molar-refractivity contribution in [1.82, 2.24) is 20.5 Å². The summed E-state index contributed by atoms with van der Waals surface area (Å²) in [5, 5.41) is 8.28. The number of likely N-dealkylation sites (tertiary alicyclic amines) is 1. The maximum absolute atomic E-state index is 12.4. The molecule has 1 aromatic heterocycles. The van der Waals surface area contributed by atoms with Gasteiger partial charge in [-0.25, -0.2) is 4.98 Å². The summed E-state index contributed by atoms with van der Waals surface area (Å²) in [6.45, 7) is 3.20. The Labute approximate surface area is 171 Å². The van der Waals surface area contributed by atoms with E-state index in [1.165, 1.54) is 0 Å². The lowest BCUT2D eigenvalue weighted by atomic mass is 9.97. The lowest BCUT2D eigenvalue weighted by molar-refractivity contribution is -0.133. The van der Waals surface area contributed by atoms with E-state index in [4.69, 9.17) is 0 Å². The van der Waals surface area contributed by atoms with Gasteiger partial charge in [0.25, 0.3) is 0 Å². The lowest BCUT2D eigenvalue weighted by Gasteiger charge is -2.33. The van der Waals surface area contributed by atoms with Gasteiger partial charge in [0.15, 0.2) is 0 Å². The van der Waals surface area contributed by atoms with Crippen LogP contribution in [0.25, 0.3) is 0 Å². The van der Waals surface area contributed by atoms with Crippen LogP contribution >= 0.6 is 36.2 Å². The van der Waals surface area contributed by atoms with Gasteiger partial charge in [0.2, 0.25) is 11.8 Å². The van der Waals surface area contributed by atoms with Gasteiger partial charge in [0, 0.05) is 31.4 Å². The zero-order chi connectivity index (χ0) is 16.8. The second kappa shape index (κ2) is 11.7. The highest BCUT2D eigenvalue weighted by molar-refractivity contribution is 7.07. The quantitative estimate of drug-likeness (QED) is 0.735. The molecular weight excluding hydrogens is 395 g/mol. The zero-order valence-electron chi connectivity index (χ0n) is 14.8. The summed E-state index contributed by atoms with van der Waals surface area (Å²) in [4.78, 5) is 30.7. The number of aryl methyl sites for hydroxylation is 1. The molecule has 2 fully saturated rings. The van der Waals surface area contributed by atoms with Crippen LogP contribution in [0.4, 0.5) is 0 Å². The second-order valence-electron chi connectivity index (χ2n) is 6.72. The van der Waals surface area contributed by atoms with Crippen LogP contribution < -0.4 is 10.6 Å². The monoisotopic (exact) mass is 422 g/mol. The van der Waals surface area contributed by atoms with Crippen molar-refractivity contribution in [3.8, 4) is 0 Å². The molecular formula is C17H28Cl2N4O2S. The van der Waals surface area contributed by atoms with Gasteiger partial charge in [-0.1, -0.05) is 0 Å². The van der Waals surface area contributed by atoms with Gasteiger partial charge in [0.05, 0.1) is 17.2 Å². The molecule has 0 spiro atoms. The zero-order valence-corrected chi connectivity index (χ0v) is 17.3. The number of piperidine rings is 1. The molecule has 6 nitrogen and oxygen atoms in total. The van der Waals surface area contributed by atoms with E-state index in [-0.39, 0.29) is 42.7 Å². The summed E-state index contributed by atoms with van der Waals surface area (Å²) >= 11 is 1.57. The number of thiazole rings is 1. The van der Waals surface area contributed by atoms with Crippen molar-refractivity contribution in [2.24, 2.45) is 5.92 Å². The van der Waals surface area contributed by atoms with Crippen LogP contribution in [0.5, 0.6) is 0 Å². The van der Waals surface area contributed by atoms with Gasteiger partial charge < -0.3 is 15.5 Å². The molecule has 2 unspecified atom stereocenters. The topological polar surface area (TPSA) is 74.3 Å². The minimum atomic E-state index is -0.0237. The molecule has 0 aliphatic carbocycles. The molecule has 1 aromatic rings. The molecule has 148 valence electrons. The molecule has 2 saturated heterocycles. The van der Waals surface area contributed by atoms with Crippen molar-refractivity contribution in [3.05, 3.63) is 16.6 Å². The van der Waals surface area contributed by atoms with Crippen molar-refractivity contribution in [2.75, 3.05) is 26.2 Å². The van der Waals surface area contributed by atoms with E-state index in [1.54, 1.807) is 16.8 Å². The molecule has 2 amide bonds. The molecule has 3 heterocycles. The first-order valence-corrected chi connectivity index (χ1v) is 9.82. The van der Waals surface area contributed by atoms with Gasteiger partial charge in [-0.3, -0.25) is 9.59 Å². The molecule has 0 aromatic carbocycles. The summed E-state index contributed by atoms with van der Waals surface area (Å²) in [5.74, 6) is 0.684. The first-order chi connectivity index (χ1) is 11.7. The molecule has 0 radical (unpaired) electrons. The fourth-order valence-corrected chi connectivity index (χ4v) is 4.08. The number of rotatable bonds is 6. The number of carbonyl (C=O) groups excluding carboxylic acids is 2. The Hall–Kier alpha value is -0.890. The smallest absolute Gasteiger partial charge is 0.237 e. The molecule has 0 saturated carbocycles. The van der Waals surface area contributed by atoms with Crippen LogP contribution in [-0.4, -0.2) is 53.9 Å². The molecule has 2 aliphatic heterocycles. The van der Waals surface area contributed by atoms with E-state index >= 15 is 0 Å². The van der Waals surface area contributed by atoms with Crippen LogP contribution in [-0.2, 0) is 16.0 Å². The summed E-state index contributed by atoms with van der Waals surface area (Å²) in [6.07, 6.45) is 5.34. The predicted octanol–water partition coefficient (Wildman–Crippen LogP) is 2.03. The Morgan fingerprint density at radius 2 is 2.15 bits per heavy atom. The first-order valence-electron chi connectivity index (χ1n) is 8.88. The molecule has 2 atom stereocenters. The minimum absolute atomic E-state index is 0. The SMILES string of the molecule is Cl.Cl.O=C(NCC1CCCN(C(=O)CCc2cscn2)C1)C1CCCN1. The number of hydrogen-bond acceptors (Lipinski definition) is 5. The molecule has 3 rings (SSSR count). The third kappa shape index (κ3) is 6.68. The Kier molecular flexibility index (Phi) is 10.5. The number of nitrogens with one attached hydrogen (secondary N) is 2. The van der Waals surface area contributed by atoms with Crippen LogP contribution in [0.1, 0.15) is 37.8 Å². The molecule has 2 N–H and O–H groups in total. The fourth-order valence-electron chi connectivity index (χ4n) is 3.49. The minimum Gasteiger partial charge on any atom is -0.354 e. The van der Waals surface area contributed by atoms with Crippen molar-refractivity contribution < 1.29 is 9.59 Å². The number of halogens is 2. The van der Waals surface area contributed by atoms with Crippen molar-refractivity contribution in [3.63, 3.8) is 0 Å². The molecule has 26 heavy (non-hydrogen) atoms. The maximum atomic E-state index is 12.4. The van der Waals surface area contributed by atoms with Crippen LogP contribution in [0, 0.1) is 5.92 Å². The van der Waals surface area contributed by atoms with Gasteiger partial charge in [-0.05, 0) is 44.6 Å². The highest BCUT2D eigenvalue weighted by Gasteiger charge is 2.26. The Bertz CT molecular complexity index is 553. The van der Waals surface area contributed by atoms with Crippen LogP contribution in [0.15, 0.2) is 10.9 Å². The molecule has 9 heteroatoms. The number of aromatic nitrogens is 1. The number of hydrogen-bond donors (Lipinski definition) is 2. The number of nitrogens with zero attached hydrogens (tertiary/aromatic N) is 2. The third-order valence-corrected chi connectivity index (χ3v) is 5.53. The summed E-state index contributed by atoms with van der Waals surface area (Å²) < 4.78 is 0. The van der Waals surface area contributed by atoms with E-state index in [0.29, 0.717) is 25.3 Å². The van der Waals surface area contributed by atoms with Gasteiger partial charge in [-0.15, -0.1) is 36.2 Å². The molecule has 0 bridgehead atoms. The fraction of sp³-hybridized carbons (Fsp3) is 0.706. The van der Waals surface area contributed by atoms with E-state index < -0.39 is 0 Å². The largest absolute Gasteiger partial charge is 0.354 e. The average Bonchev–Trinajstić information content (AvgIpc) is 3.31. The van der Waals surface area contributed by atoms with E-state index in [0.717, 1.165) is 51.0 Å². The van der Waals surface area contributed by atoms with Gasteiger partial charge >= 0.3 is 0 Å². The summed E-state index contributed by atoms with van der Waals surface area (Å²) in [6, 6.07) is -0.0237. The second-order valence-corrected chi connectivity index (χ2v) is 7.44. The predicted molar refractivity (Wildman–Crippen MR) is 108 cm³/mol. The standard InChI is InChI=1S/C17H26N4O2S.2ClH/c22-16(6-5-14-11-24-12-20-14)21-8-2-3-13(10-21)9-19-17(23)15-4-1-7-18-15;;/h11-13,15,18H,1-10H2,(H,19,23);2*1H. The normalized spacial score (nSPS) is 22.2.